The lowest BCUT2D eigenvalue weighted by Crippen LogP contribution is -2.38. The molecule has 2 N–H and O–H groups in total. The number of hydrogen-bond acceptors (Lipinski definition) is 5. The lowest BCUT2D eigenvalue weighted by Gasteiger charge is -2.16. The van der Waals surface area contributed by atoms with Crippen LogP contribution in [-0.4, -0.2) is 47.9 Å². The maximum atomic E-state index is 13.4. The van der Waals surface area contributed by atoms with Gasteiger partial charge in [0.15, 0.2) is 0 Å². The van der Waals surface area contributed by atoms with E-state index in [-0.39, 0.29) is 42.2 Å². The van der Waals surface area contributed by atoms with Crippen LogP contribution in [0.1, 0.15) is 13.8 Å². The monoisotopic (exact) mass is 370 g/mol. The van der Waals surface area contributed by atoms with Crippen LogP contribution in [0.3, 0.4) is 0 Å². The number of hydrogen-bond donors (Lipinski definition) is 2. The van der Waals surface area contributed by atoms with E-state index in [4.69, 9.17) is 9.47 Å². The fraction of sp³-hybridized carbons (Fsp3) is 0.571. The summed E-state index contributed by atoms with van der Waals surface area (Å²) in [5.74, 6) is -0.541. The van der Waals surface area contributed by atoms with Gasteiger partial charge in [-0.3, -0.25) is 0 Å². The van der Waals surface area contributed by atoms with Crippen LogP contribution in [0.25, 0.3) is 0 Å². The van der Waals surface area contributed by atoms with E-state index in [2.05, 4.69) is 10.0 Å². The highest BCUT2D eigenvalue weighted by molar-refractivity contribution is 7.89. The molecule has 0 amide bonds. The lowest BCUT2D eigenvalue weighted by molar-refractivity contribution is 0.144. The Labute approximate surface area is 143 Å². The molecule has 9 heteroatoms. The molecule has 0 fully saturated rings. The van der Waals surface area contributed by atoms with E-state index in [1.807, 2.05) is 13.8 Å². The predicted molar refractivity (Wildman–Crippen MR) is 89.3 cm³/mol. The normalized spacial score (nSPS) is 12.5. The van der Waals surface area contributed by atoms with Crippen LogP contribution in [0.4, 0.5) is 4.39 Å². The van der Waals surface area contributed by atoms with Crippen molar-refractivity contribution in [2.45, 2.75) is 24.8 Å². The van der Waals surface area contributed by atoms with Gasteiger partial charge in [0.2, 0.25) is 10.0 Å². The van der Waals surface area contributed by atoms with Gasteiger partial charge in [-0.2, -0.15) is 0 Å². The maximum Gasteiger partial charge on any atom is 0.244 e. The van der Waals surface area contributed by atoms with E-state index in [0.717, 1.165) is 18.7 Å². The molecule has 0 bridgehead atoms. The zero-order valence-electron chi connectivity index (χ0n) is 13.5. The van der Waals surface area contributed by atoms with Gasteiger partial charge in [-0.25, -0.2) is 17.5 Å². The highest BCUT2D eigenvalue weighted by Crippen LogP contribution is 2.24. The van der Waals surface area contributed by atoms with Gasteiger partial charge < -0.3 is 14.8 Å². The van der Waals surface area contributed by atoms with Crippen LogP contribution in [0.15, 0.2) is 23.1 Å². The molecule has 1 rings (SSSR count). The van der Waals surface area contributed by atoms with E-state index < -0.39 is 15.8 Å². The third kappa shape index (κ3) is 7.45. The summed E-state index contributed by atoms with van der Waals surface area (Å²) in [5.41, 5.74) is 0. The molecule has 0 saturated carbocycles. The minimum atomic E-state index is -3.86. The molecular weight excluding hydrogens is 347 g/mol. The summed E-state index contributed by atoms with van der Waals surface area (Å²) in [5, 5.41) is 3.09. The Hall–Kier alpha value is -0.930. The van der Waals surface area contributed by atoms with E-state index in [1.54, 1.807) is 0 Å². The van der Waals surface area contributed by atoms with E-state index in [0.29, 0.717) is 6.61 Å². The van der Waals surface area contributed by atoms with Gasteiger partial charge in [-0.05, 0) is 31.7 Å². The smallest absolute Gasteiger partial charge is 0.244 e. The Kier molecular flexibility index (Phi) is 10.3. The molecule has 1 aromatic rings. The Morgan fingerprint density at radius 1 is 1.30 bits per heavy atom. The molecule has 0 unspecified atom stereocenters. The molecule has 1 atom stereocenters. The van der Waals surface area contributed by atoms with Gasteiger partial charge in [0.25, 0.3) is 0 Å². The second-order valence-corrected chi connectivity index (χ2v) is 6.48. The molecule has 134 valence electrons. The Balaban J connectivity index is 0.00000484. The first-order valence-electron chi connectivity index (χ1n) is 7.05. The van der Waals surface area contributed by atoms with Crippen LogP contribution >= 0.6 is 12.4 Å². The summed E-state index contributed by atoms with van der Waals surface area (Å²) < 4.78 is 50.7. The van der Waals surface area contributed by atoms with Crippen molar-refractivity contribution in [1.82, 2.24) is 10.0 Å². The van der Waals surface area contributed by atoms with Crippen molar-refractivity contribution in [3.05, 3.63) is 24.0 Å². The third-order valence-corrected chi connectivity index (χ3v) is 4.32. The Bertz CT molecular complexity index is 572. The molecule has 0 spiro atoms. The number of rotatable bonds is 10. The molecule has 23 heavy (non-hydrogen) atoms. The summed E-state index contributed by atoms with van der Waals surface area (Å²) in [4.78, 5) is -0.215. The van der Waals surface area contributed by atoms with Crippen LogP contribution < -0.4 is 14.8 Å². The molecule has 0 radical (unpaired) electrons. The maximum absolute atomic E-state index is 13.4. The molecule has 0 saturated heterocycles. The highest BCUT2D eigenvalue weighted by atomic mass is 35.5. The predicted octanol–water partition coefficient (Wildman–Crippen LogP) is 1.55. The van der Waals surface area contributed by atoms with Crippen molar-refractivity contribution in [3.63, 3.8) is 0 Å². The molecule has 0 heterocycles. The van der Waals surface area contributed by atoms with Gasteiger partial charge in [-0.15, -0.1) is 12.4 Å². The fourth-order valence-corrected chi connectivity index (χ4v) is 3.06. The SMILES string of the molecule is CCN[C@H](C)CNS(=O)(=O)c1cc(F)ccc1OCCOC.Cl. The van der Waals surface area contributed by atoms with Gasteiger partial charge in [0.1, 0.15) is 23.1 Å². The van der Waals surface area contributed by atoms with Crippen LogP contribution in [0.5, 0.6) is 5.75 Å². The zero-order chi connectivity index (χ0) is 16.6. The summed E-state index contributed by atoms with van der Waals surface area (Å²) >= 11 is 0. The van der Waals surface area contributed by atoms with Gasteiger partial charge in [0, 0.05) is 19.7 Å². The van der Waals surface area contributed by atoms with Crippen LogP contribution in [0.2, 0.25) is 0 Å². The minimum absolute atomic E-state index is 0. The average Bonchev–Trinajstić information content (AvgIpc) is 2.47. The van der Waals surface area contributed by atoms with Gasteiger partial charge >= 0.3 is 0 Å². The van der Waals surface area contributed by atoms with Crippen molar-refractivity contribution in [2.75, 3.05) is 33.4 Å². The number of ether oxygens (including phenoxy) is 2. The summed E-state index contributed by atoms with van der Waals surface area (Å²) in [6, 6.07) is 3.36. The number of nitrogens with one attached hydrogen (secondary N) is 2. The summed E-state index contributed by atoms with van der Waals surface area (Å²) in [6.45, 7) is 5.20. The summed E-state index contributed by atoms with van der Waals surface area (Å²) in [6.07, 6.45) is 0. The van der Waals surface area contributed by atoms with Gasteiger partial charge in [-0.1, -0.05) is 6.92 Å². The molecule has 0 aromatic heterocycles. The molecule has 0 aliphatic rings. The quantitative estimate of drug-likeness (QED) is 0.611. The number of sulfonamides is 1. The van der Waals surface area contributed by atoms with Crippen LogP contribution in [0, 0.1) is 5.82 Å². The number of methoxy groups -OCH3 is 1. The van der Waals surface area contributed by atoms with Crippen molar-refractivity contribution < 1.29 is 22.3 Å². The number of likely N-dealkylation sites (N-methyl/N-ethyl adjacent to an activating group) is 1. The van der Waals surface area contributed by atoms with Crippen molar-refractivity contribution in [3.8, 4) is 5.75 Å². The molecule has 0 aliphatic heterocycles. The first kappa shape index (κ1) is 22.1. The largest absolute Gasteiger partial charge is 0.490 e. The topological polar surface area (TPSA) is 76.7 Å². The lowest BCUT2D eigenvalue weighted by atomic mass is 10.3. The first-order chi connectivity index (χ1) is 10.4. The molecular formula is C14H24ClFN2O4S. The highest BCUT2D eigenvalue weighted by Gasteiger charge is 2.21. The number of halogens is 2. The second kappa shape index (κ2) is 10.8. The zero-order valence-corrected chi connectivity index (χ0v) is 15.1. The van der Waals surface area contributed by atoms with Crippen molar-refractivity contribution in [1.29, 1.82) is 0 Å². The fourth-order valence-electron chi connectivity index (χ4n) is 1.78. The van der Waals surface area contributed by atoms with E-state index >= 15 is 0 Å². The Morgan fingerprint density at radius 2 is 2.00 bits per heavy atom. The summed E-state index contributed by atoms with van der Waals surface area (Å²) in [7, 11) is -2.35. The standard InChI is InChI=1S/C14H23FN2O4S.ClH/c1-4-16-11(2)10-17-22(18,19)14-9-12(15)5-6-13(14)21-8-7-20-3;/h5-6,9,11,16-17H,4,7-8,10H2,1-3H3;1H/t11-;/m1./s1. The van der Waals surface area contributed by atoms with E-state index in [9.17, 15) is 12.8 Å². The van der Waals surface area contributed by atoms with Crippen molar-refractivity contribution in [2.24, 2.45) is 0 Å². The first-order valence-corrected chi connectivity index (χ1v) is 8.53. The molecule has 0 aliphatic carbocycles. The van der Waals surface area contributed by atoms with E-state index in [1.165, 1.54) is 13.2 Å². The van der Waals surface area contributed by atoms with Crippen molar-refractivity contribution >= 4 is 22.4 Å². The van der Waals surface area contributed by atoms with Gasteiger partial charge in [0.05, 0.1) is 6.61 Å². The third-order valence-electron chi connectivity index (χ3n) is 2.87. The minimum Gasteiger partial charge on any atom is -0.490 e. The molecule has 1 aromatic carbocycles. The Morgan fingerprint density at radius 3 is 2.61 bits per heavy atom. The second-order valence-electron chi connectivity index (χ2n) is 4.74. The number of benzene rings is 1. The van der Waals surface area contributed by atoms with Crippen LogP contribution in [-0.2, 0) is 14.8 Å². The average molecular weight is 371 g/mol. The molecule has 6 nitrogen and oxygen atoms in total.